The number of rotatable bonds is 4. The van der Waals surface area contributed by atoms with Gasteiger partial charge in [-0.15, -0.1) is 0 Å². The number of ether oxygens (including phenoxy) is 2. The van der Waals surface area contributed by atoms with E-state index in [1.54, 1.807) is 25.7 Å². The van der Waals surface area contributed by atoms with Gasteiger partial charge in [0, 0.05) is 13.1 Å². The first-order valence-corrected chi connectivity index (χ1v) is 8.61. The molecule has 7 nitrogen and oxygen atoms in total. The van der Waals surface area contributed by atoms with Crippen LogP contribution < -0.4 is 5.32 Å². The van der Waals surface area contributed by atoms with Crippen LogP contribution in [0.4, 0.5) is 4.79 Å². The highest BCUT2D eigenvalue weighted by Gasteiger charge is 2.31. The monoisotopic (exact) mass is 362 g/mol. The van der Waals surface area contributed by atoms with E-state index in [2.05, 4.69) is 10.1 Å². The van der Waals surface area contributed by atoms with Gasteiger partial charge in [0.05, 0.1) is 13.5 Å². The summed E-state index contributed by atoms with van der Waals surface area (Å²) in [6.45, 7) is 6.16. The summed E-state index contributed by atoms with van der Waals surface area (Å²) in [5.74, 6) is -0.896. The average Bonchev–Trinajstić information content (AvgIpc) is 2.58. The Labute approximate surface area is 153 Å². The summed E-state index contributed by atoms with van der Waals surface area (Å²) in [6.07, 6.45) is -0.247. The Hall–Kier alpha value is -2.57. The smallest absolute Gasteiger partial charge is 0.408 e. The predicted molar refractivity (Wildman–Crippen MR) is 95.4 cm³/mol. The fraction of sp³-hybridized carbons (Fsp3) is 0.526. The lowest BCUT2D eigenvalue weighted by molar-refractivity contribution is -0.145. The summed E-state index contributed by atoms with van der Waals surface area (Å²) in [6, 6.07) is 6.90. The molecule has 2 amide bonds. The van der Waals surface area contributed by atoms with Crippen molar-refractivity contribution in [3.63, 3.8) is 0 Å². The molecule has 0 unspecified atom stereocenters. The first kappa shape index (κ1) is 19.8. The van der Waals surface area contributed by atoms with Gasteiger partial charge in [0.2, 0.25) is 5.91 Å². The fourth-order valence-corrected chi connectivity index (χ4v) is 2.80. The van der Waals surface area contributed by atoms with E-state index < -0.39 is 23.7 Å². The highest BCUT2D eigenvalue weighted by atomic mass is 16.6. The number of hydrogen-bond acceptors (Lipinski definition) is 5. The molecule has 0 spiro atoms. The summed E-state index contributed by atoms with van der Waals surface area (Å²) in [5.41, 5.74) is 1.58. The zero-order valence-corrected chi connectivity index (χ0v) is 15.7. The second kappa shape index (κ2) is 8.21. The van der Waals surface area contributed by atoms with Crippen LogP contribution in [0.15, 0.2) is 24.3 Å². The van der Waals surface area contributed by atoms with Gasteiger partial charge >= 0.3 is 12.1 Å². The molecule has 0 aliphatic carbocycles. The summed E-state index contributed by atoms with van der Waals surface area (Å²) >= 11 is 0. The van der Waals surface area contributed by atoms with Crippen molar-refractivity contribution in [3.05, 3.63) is 35.4 Å². The van der Waals surface area contributed by atoms with Gasteiger partial charge in [0.15, 0.2) is 0 Å². The zero-order valence-electron chi connectivity index (χ0n) is 15.7. The van der Waals surface area contributed by atoms with Crippen molar-refractivity contribution in [2.24, 2.45) is 0 Å². The normalized spacial score (nSPS) is 14.8. The topological polar surface area (TPSA) is 84.9 Å². The van der Waals surface area contributed by atoms with Gasteiger partial charge < -0.3 is 19.7 Å². The van der Waals surface area contributed by atoms with Crippen LogP contribution >= 0.6 is 0 Å². The highest BCUT2D eigenvalue weighted by molar-refractivity contribution is 5.89. The Morgan fingerprint density at radius 2 is 1.85 bits per heavy atom. The number of nitrogens with one attached hydrogen (secondary N) is 1. The second-order valence-electron chi connectivity index (χ2n) is 7.26. The zero-order chi connectivity index (χ0) is 19.3. The van der Waals surface area contributed by atoms with Gasteiger partial charge in [-0.3, -0.25) is 9.59 Å². The molecule has 0 saturated heterocycles. The van der Waals surface area contributed by atoms with Crippen molar-refractivity contribution in [1.29, 1.82) is 0 Å². The number of alkyl carbamates (subject to hydrolysis) is 1. The maximum Gasteiger partial charge on any atom is 0.408 e. The lowest BCUT2D eigenvalue weighted by Crippen LogP contribution is -2.51. The number of fused-ring (bicyclic) bond motifs is 1. The molecular weight excluding hydrogens is 336 g/mol. The third-order valence-corrected chi connectivity index (χ3v) is 4.03. The van der Waals surface area contributed by atoms with Crippen LogP contribution in [0.5, 0.6) is 0 Å². The van der Waals surface area contributed by atoms with Crippen molar-refractivity contribution in [2.45, 2.75) is 51.8 Å². The Balaban J connectivity index is 2.10. The van der Waals surface area contributed by atoms with Crippen LogP contribution in [0.2, 0.25) is 0 Å². The molecular formula is C19H26N2O5. The summed E-state index contributed by atoms with van der Waals surface area (Å²) < 4.78 is 9.86. The Morgan fingerprint density at radius 3 is 2.46 bits per heavy atom. The average molecular weight is 362 g/mol. The molecule has 1 atom stereocenters. The molecule has 1 aromatic carbocycles. The van der Waals surface area contributed by atoms with Gasteiger partial charge in [-0.1, -0.05) is 24.3 Å². The molecule has 1 aliphatic heterocycles. The minimum absolute atomic E-state index is 0.243. The second-order valence-corrected chi connectivity index (χ2v) is 7.26. The van der Waals surface area contributed by atoms with E-state index >= 15 is 0 Å². The van der Waals surface area contributed by atoms with Crippen molar-refractivity contribution in [1.82, 2.24) is 10.2 Å². The van der Waals surface area contributed by atoms with Gasteiger partial charge in [0.1, 0.15) is 11.6 Å². The Morgan fingerprint density at radius 1 is 1.19 bits per heavy atom. The highest BCUT2D eigenvalue weighted by Crippen LogP contribution is 2.19. The first-order valence-electron chi connectivity index (χ1n) is 8.61. The molecule has 1 aliphatic rings. The largest absolute Gasteiger partial charge is 0.469 e. The van der Waals surface area contributed by atoms with Crippen molar-refractivity contribution < 1.29 is 23.9 Å². The lowest BCUT2D eigenvalue weighted by atomic mass is 9.99. The third-order valence-electron chi connectivity index (χ3n) is 4.03. The molecule has 1 N–H and O–H groups in total. The number of carbonyl (C=O) groups is 3. The van der Waals surface area contributed by atoms with Crippen molar-refractivity contribution >= 4 is 18.0 Å². The lowest BCUT2D eigenvalue weighted by Gasteiger charge is -2.32. The van der Waals surface area contributed by atoms with Gasteiger partial charge in [0.25, 0.3) is 0 Å². The SMILES string of the molecule is COC(=O)C[C@H](NC(=O)OC(C)(C)C)C(=O)N1CCc2ccccc2C1. The molecule has 2 rings (SSSR count). The number of esters is 1. The molecule has 0 saturated carbocycles. The van der Waals surface area contributed by atoms with Crippen LogP contribution in [-0.2, 0) is 32.0 Å². The van der Waals surface area contributed by atoms with Crippen molar-refractivity contribution in [2.75, 3.05) is 13.7 Å². The van der Waals surface area contributed by atoms with E-state index in [9.17, 15) is 14.4 Å². The van der Waals surface area contributed by atoms with Gasteiger partial charge in [-0.05, 0) is 38.3 Å². The number of amides is 2. The van der Waals surface area contributed by atoms with Crippen LogP contribution in [0.1, 0.15) is 38.3 Å². The van der Waals surface area contributed by atoms with E-state index in [-0.39, 0.29) is 12.3 Å². The van der Waals surface area contributed by atoms with Crippen LogP contribution in [0.25, 0.3) is 0 Å². The first-order chi connectivity index (χ1) is 12.2. The van der Waals surface area contributed by atoms with Gasteiger partial charge in [-0.25, -0.2) is 4.79 Å². The van der Waals surface area contributed by atoms with Crippen LogP contribution in [0.3, 0.4) is 0 Å². The maximum absolute atomic E-state index is 12.9. The molecule has 142 valence electrons. The number of carbonyl (C=O) groups excluding carboxylic acids is 3. The van der Waals surface area contributed by atoms with Crippen LogP contribution in [0, 0.1) is 0 Å². The number of nitrogens with zero attached hydrogens (tertiary/aromatic N) is 1. The van der Waals surface area contributed by atoms with Crippen LogP contribution in [-0.4, -0.2) is 48.2 Å². The molecule has 26 heavy (non-hydrogen) atoms. The van der Waals surface area contributed by atoms with Crippen molar-refractivity contribution in [3.8, 4) is 0 Å². The molecule has 0 fully saturated rings. The summed E-state index contributed by atoms with van der Waals surface area (Å²) in [4.78, 5) is 38.3. The molecule has 0 bridgehead atoms. The molecule has 1 aromatic rings. The standard InChI is InChI=1S/C19H26N2O5/c1-19(2,3)26-18(24)20-15(11-16(22)25-4)17(23)21-10-9-13-7-5-6-8-14(13)12-21/h5-8,15H,9-12H2,1-4H3,(H,20,24)/t15-/m0/s1. The number of benzene rings is 1. The van der Waals surface area contributed by atoms with E-state index in [1.807, 2.05) is 24.3 Å². The quantitative estimate of drug-likeness (QED) is 0.829. The maximum atomic E-state index is 12.9. The third kappa shape index (κ3) is 5.47. The molecule has 1 heterocycles. The number of hydrogen-bond donors (Lipinski definition) is 1. The predicted octanol–water partition coefficient (Wildman–Crippen LogP) is 2.03. The summed E-state index contributed by atoms with van der Waals surface area (Å²) in [7, 11) is 1.24. The Kier molecular flexibility index (Phi) is 6.23. The van der Waals surface area contributed by atoms with E-state index in [0.29, 0.717) is 13.1 Å². The van der Waals surface area contributed by atoms with E-state index in [1.165, 1.54) is 12.7 Å². The molecule has 0 radical (unpaired) electrons. The number of methoxy groups -OCH3 is 1. The van der Waals surface area contributed by atoms with Gasteiger partial charge in [-0.2, -0.15) is 0 Å². The minimum atomic E-state index is -1.03. The van der Waals surface area contributed by atoms with E-state index in [0.717, 1.165) is 12.0 Å². The molecule has 0 aromatic heterocycles. The summed E-state index contributed by atoms with van der Waals surface area (Å²) in [5, 5.41) is 2.51. The Bertz CT molecular complexity index is 681. The minimum Gasteiger partial charge on any atom is -0.469 e. The van der Waals surface area contributed by atoms with E-state index in [4.69, 9.17) is 4.74 Å². The fourth-order valence-electron chi connectivity index (χ4n) is 2.80. The molecule has 7 heteroatoms.